The molecule has 0 aliphatic rings. The number of oxazole rings is 1. The third kappa shape index (κ3) is 7.44. The van der Waals surface area contributed by atoms with Crippen molar-refractivity contribution in [1.29, 1.82) is 0 Å². The summed E-state index contributed by atoms with van der Waals surface area (Å²) in [7, 11) is 0. The Hall–Kier alpha value is -4.59. The standard InChI is InChI=1S/C29H28N2O6/c1-21-26(30-28(37-21)24-12-6-3-7-13-24)15-16-35-25-14-8-11-23(17-25)18-31(19-27(32)33)29(34)36-20-22-9-4-2-5-10-22/h2-14,17H,15-16,18-20H2,1H3,(H,32,33). The van der Waals surface area contributed by atoms with Crippen LogP contribution < -0.4 is 4.74 Å². The van der Waals surface area contributed by atoms with Crippen LogP contribution in [-0.2, 0) is 29.1 Å². The minimum Gasteiger partial charge on any atom is -0.493 e. The van der Waals surface area contributed by atoms with E-state index in [1.165, 1.54) is 0 Å². The fourth-order valence-corrected chi connectivity index (χ4v) is 3.74. The van der Waals surface area contributed by atoms with Gasteiger partial charge in [0.05, 0.1) is 12.3 Å². The van der Waals surface area contributed by atoms with Gasteiger partial charge in [0.1, 0.15) is 24.7 Å². The molecule has 1 N–H and O–H groups in total. The second-order valence-corrected chi connectivity index (χ2v) is 8.42. The summed E-state index contributed by atoms with van der Waals surface area (Å²) in [4.78, 5) is 29.7. The normalized spacial score (nSPS) is 10.6. The summed E-state index contributed by atoms with van der Waals surface area (Å²) in [6.45, 7) is 1.91. The van der Waals surface area contributed by atoms with E-state index in [9.17, 15) is 14.7 Å². The van der Waals surface area contributed by atoms with Gasteiger partial charge in [0.2, 0.25) is 5.89 Å². The lowest BCUT2D eigenvalue weighted by Crippen LogP contribution is -2.35. The largest absolute Gasteiger partial charge is 0.493 e. The quantitative estimate of drug-likeness (QED) is 0.290. The van der Waals surface area contributed by atoms with E-state index in [0.29, 0.717) is 24.7 Å². The van der Waals surface area contributed by atoms with Gasteiger partial charge in [-0.2, -0.15) is 0 Å². The number of carboxylic acids is 1. The summed E-state index contributed by atoms with van der Waals surface area (Å²) in [5.74, 6) is 0.805. The molecule has 3 aromatic carbocycles. The summed E-state index contributed by atoms with van der Waals surface area (Å²) < 4.78 is 17.1. The fraction of sp³-hybridized carbons (Fsp3) is 0.207. The Morgan fingerprint density at radius 1 is 0.946 bits per heavy atom. The van der Waals surface area contributed by atoms with Crippen molar-refractivity contribution in [3.8, 4) is 17.2 Å². The Bertz CT molecular complexity index is 1320. The van der Waals surface area contributed by atoms with E-state index >= 15 is 0 Å². The predicted molar refractivity (Wildman–Crippen MR) is 137 cm³/mol. The molecular weight excluding hydrogens is 472 g/mol. The molecule has 0 spiro atoms. The van der Waals surface area contributed by atoms with Crippen molar-refractivity contribution in [1.82, 2.24) is 9.88 Å². The van der Waals surface area contributed by atoms with E-state index < -0.39 is 18.6 Å². The third-order valence-electron chi connectivity index (χ3n) is 5.58. The number of nitrogens with zero attached hydrogens (tertiary/aromatic N) is 2. The van der Waals surface area contributed by atoms with E-state index in [-0.39, 0.29) is 13.2 Å². The van der Waals surface area contributed by atoms with E-state index in [1.807, 2.05) is 73.7 Å². The van der Waals surface area contributed by atoms with Crippen LogP contribution in [0.3, 0.4) is 0 Å². The van der Waals surface area contributed by atoms with Gasteiger partial charge >= 0.3 is 12.1 Å². The lowest BCUT2D eigenvalue weighted by atomic mass is 10.2. The molecule has 0 atom stereocenters. The molecule has 190 valence electrons. The smallest absolute Gasteiger partial charge is 0.410 e. The van der Waals surface area contributed by atoms with Gasteiger partial charge in [-0.3, -0.25) is 9.69 Å². The summed E-state index contributed by atoms with van der Waals surface area (Å²) in [5, 5.41) is 9.28. The van der Waals surface area contributed by atoms with Crippen LogP contribution in [0.25, 0.3) is 11.5 Å². The second-order valence-electron chi connectivity index (χ2n) is 8.42. The summed E-state index contributed by atoms with van der Waals surface area (Å²) in [6, 6.07) is 26.1. The molecule has 0 aliphatic carbocycles. The highest BCUT2D eigenvalue weighted by atomic mass is 16.6. The molecule has 1 amide bonds. The average molecular weight is 501 g/mol. The first-order chi connectivity index (χ1) is 18.0. The summed E-state index contributed by atoms with van der Waals surface area (Å²) in [5.41, 5.74) is 3.28. The Labute approximate surface area is 215 Å². The first-order valence-corrected chi connectivity index (χ1v) is 11.9. The van der Waals surface area contributed by atoms with Crippen LogP contribution in [0.1, 0.15) is 22.6 Å². The number of carbonyl (C=O) groups is 2. The van der Waals surface area contributed by atoms with Crippen LogP contribution in [0.5, 0.6) is 5.75 Å². The van der Waals surface area contributed by atoms with Crippen molar-refractivity contribution in [3.05, 3.63) is 108 Å². The van der Waals surface area contributed by atoms with Crippen molar-refractivity contribution in [3.63, 3.8) is 0 Å². The van der Waals surface area contributed by atoms with Crippen molar-refractivity contribution in [2.75, 3.05) is 13.2 Å². The fourth-order valence-electron chi connectivity index (χ4n) is 3.74. The molecule has 0 unspecified atom stereocenters. The highest BCUT2D eigenvalue weighted by Crippen LogP contribution is 2.22. The Balaban J connectivity index is 1.34. The third-order valence-corrected chi connectivity index (χ3v) is 5.58. The molecule has 1 heterocycles. The molecule has 0 radical (unpaired) electrons. The number of hydrogen-bond acceptors (Lipinski definition) is 6. The minimum atomic E-state index is -1.12. The number of aliphatic carboxylic acids is 1. The molecular formula is C29H28N2O6. The molecule has 37 heavy (non-hydrogen) atoms. The SMILES string of the molecule is Cc1oc(-c2ccccc2)nc1CCOc1cccc(CN(CC(=O)O)C(=O)OCc2ccccc2)c1. The molecule has 0 fully saturated rings. The molecule has 1 aromatic heterocycles. The zero-order chi connectivity index (χ0) is 26.0. The first-order valence-electron chi connectivity index (χ1n) is 11.9. The highest BCUT2D eigenvalue weighted by Gasteiger charge is 2.19. The number of aryl methyl sites for hydroxylation is 1. The number of aromatic nitrogens is 1. The molecule has 4 rings (SSSR count). The molecule has 0 saturated heterocycles. The molecule has 8 nitrogen and oxygen atoms in total. The number of rotatable bonds is 11. The minimum absolute atomic E-state index is 0.0619. The maximum Gasteiger partial charge on any atom is 0.410 e. The Morgan fingerprint density at radius 2 is 1.65 bits per heavy atom. The maximum absolute atomic E-state index is 12.6. The van der Waals surface area contributed by atoms with Crippen LogP contribution in [-0.4, -0.2) is 40.2 Å². The van der Waals surface area contributed by atoms with Crippen LogP contribution in [0.15, 0.2) is 89.3 Å². The zero-order valence-electron chi connectivity index (χ0n) is 20.5. The average Bonchev–Trinajstić information content (AvgIpc) is 3.28. The number of carboxylic acid groups (broad SMARTS) is 1. The van der Waals surface area contributed by atoms with Gasteiger partial charge in [-0.1, -0.05) is 60.7 Å². The van der Waals surface area contributed by atoms with Crippen molar-refractivity contribution in [2.24, 2.45) is 0 Å². The van der Waals surface area contributed by atoms with Gasteiger partial charge in [-0.05, 0) is 42.3 Å². The molecule has 0 aliphatic heterocycles. The Kier molecular flexibility index (Phi) is 8.54. The first kappa shape index (κ1) is 25.5. The van der Waals surface area contributed by atoms with E-state index in [2.05, 4.69) is 4.98 Å². The van der Waals surface area contributed by atoms with Crippen molar-refractivity contribution in [2.45, 2.75) is 26.5 Å². The molecule has 8 heteroatoms. The van der Waals surface area contributed by atoms with Gasteiger partial charge in [0.15, 0.2) is 0 Å². The van der Waals surface area contributed by atoms with Crippen molar-refractivity contribution < 1.29 is 28.6 Å². The van der Waals surface area contributed by atoms with Crippen LogP contribution in [0.4, 0.5) is 4.79 Å². The zero-order valence-corrected chi connectivity index (χ0v) is 20.5. The second kappa shape index (κ2) is 12.4. The molecule has 0 bridgehead atoms. The number of carbonyl (C=O) groups excluding carboxylic acids is 1. The van der Waals surface area contributed by atoms with Gasteiger partial charge in [-0.15, -0.1) is 0 Å². The van der Waals surface area contributed by atoms with Crippen molar-refractivity contribution >= 4 is 12.1 Å². The number of ether oxygens (including phenoxy) is 2. The molecule has 4 aromatic rings. The number of amides is 1. The molecule has 0 saturated carbocycles. The Morgan fingerprint density at radius 3 is 2.38 bits per heavy atom. The summed E-state index contributed by atoms with van der Waals surface area (Å²) >= 11 is 0. The van der Waals surface area contributed by atoms with Crippen LogP contribution in [0.2, 0.25) is 0 Å². The lowest BCUT2D eigenvalue weighted by Gasteiger charge is -2.20. The van der Waals surface area contributed by atoms with E-state index in [1.54, 1.807) is 18.2 Å². The topological polar surface area (TPSA) is 102 Å². The lowest BCUT2D eigenvalue weighted by molar-refractivity contribution is -0.138. The van der Waals surface area contributed by atoms with Crippen LogP contribution in [0, 0.1) is 6.92 Å². The van der Waals surface area contributed by atoms with Gasteiger partial charge in [0, 0.05) is 18.5 Å². The maximum atomic E-state index is 12.6. The summed E-state index contributed by atoms with van der Waals surface area (Å²) in [6.07, 6.45) is -0.142. The van der Waals surface area contributed by atoms with Gasteiger partial charge < -0.3 is 19.0 Å². The highest BCUT2D eigenvalue weighted by molar-refractivity contribution is 5.76. The van der Waals surface area contributed by atoms with Gasteiger partial charge in [0.25, 0.3) is 0 Å². The van der Waals surface area contributed by atoms with Gasteiger partial charge in [-0.25, -0.2) is 9.78 Å². The van der Waals surface area contributed by atoms with Crippen LogP contribution >= 0.6 is 0 Å². The predicted octanol–water partition coefficient (Wildman–Crippen LogP) is 5.49. The van der Waals surface area contributed by atoms with E-state index in [4.69, 9.17) is 13.9 Å². The van der Waals surface area contributed by atoms with E-state index in [0.717, 1.165) is 33.0 Å². The number of benzene rings is 3. The number of hydrogen-bond donors (Lipinski definition) is 1. The monoisotopic (exact) mass is 500 g/mol.